The van der Waals surface area contributed by atoms with Crippen molar-refractivity contribution >= 4 is 15.7 Å². The third kappa shape index (κ3) is 2.79. The highest BCUT2D eigenvalue weighted by Gasteiger charge is 2.25. The zero-order chi connectivity index (χ0) is 14.8. The minimum atomic E-state index is -3.73. The third-order valence-electron chi connectivity index (χ3n) is 2.74. The Hall–Kier alpha value is -1.97. The van der Waals surface area contributed by atoms with Crippen molar-refractivity contribution in [2.45, 2.75) is 11.6 Å². The SMILES string of the molecule is CN(Cc1cnn(C)c1)S(=O)(=O)c1ncccc1NN. The number of sulfonamides is 1. The highest BCUT2D eigenvalue weighted by Crippen LogP contribution is 2.21. The molecule has 0 atom stereocenters. The first-order chi connectivity index (χ1) is 9.45. The Morgan fingerprint density at radius 1 is 1.50 bits per heavy atom. The zero-order valence-electron chi connectivity index (χ0n) is 11.2. The van der Waals surface area contributed by atoms with Crippen molar-refractivity contribution in [3.63, 3.8) is 0 Å². The van der Waals surface area contributed by atoms with Gasteiger partial charge in [-0.2, -0.15) is 9.40 Å². The molecule has 0 bridgehead atoms. The van der Waals surface area contributed by atoms with Crippen LogP contribution in [0.5, 0.6) is 0 Å². The number of nitrogen functional groups attached to an aromatic ring is 1. The first-order valence-electron chi connectivity index (χ1n) is 5.80. The highest BCUT2D eigenvalue weighted by atomic mass is 32.2. The first-order valence-corrected chi connectivity index (χ1v) is 7.24. The molecule has 0 radical (unpaired) electrons. The number of aromatic nitrogens is 3. The van der Waals surface area contributed by atoms with E-state index in [0.29, 0.717) is 0 Å². The second-order valence-corrected chi connectivity index (χ2v) is 6.24. The molecule has 0 amide bonds. The van der Waals surface area contributed by atoms with E-state index in [1.54, 1.807) is 36.3 Å². The molecule has 108 valence electrons. The Labute approximate surface area is 117 Å². The minimum Gasteiger partial charge on any atom is -0.321 e. The van der Waals surface area contributed by atoms with Crippen LogP contribution in [0.15, 0.2) is 35.7 Å². The van der Waals surface area contributed by atoms with Crippen LogP contribution in [0.2, 0.25) is 0 Å². The van der Waals surface area contributed by atoms with E-state index in [0.717, 1.165) is 5.56 Å². The molecule has 0 unspecified atom stereocenters. The Morgan fingerprint density at radius 3 is 2.85 bits per heavy atom. The van der Waals surface area contributed by atoms with Crippen molar-refractivity contribution in [3.8, 4) is 0 Å². The minimum absolute atomic E-state index is 0.103. The number of hydrogen-bond acceptors (Lipinski definition) is 6. The van der Waals surface area contributed by atoms with Gasteiger partial charge in [0.05, 0.1) is 11.9 Å². The topological polar surface area (TPSA) is 106 Å². The number of nitrogens with zero attached hydrogens (tertiary/aromatic N) is 4. The summed E-state index contributed by atoms with van der Waals surface area (Å²) in [5.74, 6) is 5.32. The van der Waals surface area contributed by atoms with Crippen LogP contribution in [0, 0.1) is 0 Å². The molecule has 2 aromatic heterocycles. The van der Waals surface area contributed by atoms with E-state index in [1.807, 2.05) is 0 Å². The van der Waals surface area contributed by atoms with Gasteiger partial charge < -0.3 is 5.43 Å². The molecule has 0 spiro atoms. The van der Waals surface area contributed by atoms with Crippen molar-refractivity contribution in [2.24, 2.45) is 12.9 Å². The fourth-order valence-electron chi connectivity index (χ4n) is 1.75. The Bertz CT molecular complexity index is 696. The lowest BCUT2D eigenvalue weighted by molar-refractivity contribution is 0.464. The smallest absolute Gasteiger partial charge is 0.262 e. The standard InChI is InChI=1S/C11H16N6O2S/c1-16-7-9(6-14-16)8-17(2)20(18,19)11-10(15-12)4-3-5-13-11/h3-7,15H,8,12H2,1-2H3. The van der Waals surface area contributed by atoms with Crippen molar-refractivity contribution in [1.82, 2.24) is 19.1 Å². The summed E-state index contributed by atoms with van der Waals surface area (Å²) in [4.78, 5) is 3.90. The Morgan fingerprint density at radius 2 is 2.25 bits per heavy atom. The molecule has 0 aromatic carbocycles. The Kier molecular flexibility index (Phi) is 4.02. The van der Waals surface area contributed by atoms with Gasteiger partial charge in [0.15, 0.2) is 5.03 Å². The molecule has 2 heterocycles. The van der Waals surface area contributed by atoms with Gasteiger partial charge in [-0.1, -0.05) is 0 Å². The van der Waals surface area contributed by atoms with Gasteiger partial charge in [-0.15, -0.1) is 0 Å². The van der Waals surface area contributed by atoms with Crippen LogP contribution in [0.4, 0.5) is 5.69 Å². The van der Waals surface area contributed by atoms with E-state index in [-0.39, 0.29) is 17.3 Å². The lowest BCUT2D eigenvalue weighted by Crippen LogP contribution is -2.28. The summed E-state index contributed by atoms with van der Waals surface area (Å²) in [6, 6.07) is 3.16. The van der Waals surface area contributed by atoms with Gasteiger partial charge in [-0.3, -0.25) is 10.5 Å². The van der Waals surface area contributed by atoms with E-state index in [1.165, 1.54) is 17.5 Å². The second kappa shape index (κ2) is 5.57. The summed E-state index contributed by atoms with van der Waals surface area (Å²) in [7, 11) is -0.474. The van der Waals surface area contributed by atoms with Crippen molar-refractivity contribution < 1.29 is 8.42 Å². The summed E-state index contributed by atoms with van der Waals surface area (Å²) in [6.45, 7) is 0.205. The lowest BCUT2D eigenvalue weighted by atomic mass is 10.4. The summed E-state index contributed by atoms with van der Waals surface area (Å²) >= 11 is 0. The van der Waals surface area contributed by atoms with Crippen LogP contribution >= 0.6 is 0 Å². The number of nitrogens with two attached hydrogens (primary N) is 1. The summed E-state index contributed by atoms with van der Waals surface area (Å²) in [5, 5.41) is 3.90. The lowest BCUT2D eigenvalue weighted by Gasteiger charge is -2.17. The molecule has 2 aromatic rings. The normalized spacial score (nSPS) is 11.8. The van der Waals surface area contributed by atoms with Crippen molar-refractivity contribution in [3.05, 3.63) is 36.3 Å². The van der Waals surface area contributed by atoms with Gasteiger partial charge in [-0.05, 0) is 12.1 Å². The maximum Gasteiger partial charge on any atom is 0.262 e. The number of rotatable bonds is 5. The van der Waals surface area contributed by atoms with Gasteiger partial charge in [0.2, 0.25) is 0 Å². The monoisotopic (exact) mass is 296 g/mol. The number of pyridine rings is 1. The molecule has 3 N–H and O–H groups in total. The largest absolute Gasteiger partial charge is 0.321 e. The predicted molar refractivity (Wildman–Crippen MR) is 73.9 cm³/mol. The highest BCUT2D eigenvalue weighted by molar-refractivity contribution is 7.89. The van der Waals surface area contributed by atoms with E-state index in [9.17, 15) is 8.42 Å². The molecule has 0 fully saturated rings. The fraction of sp³-hybridized carbons (Fsp3) is 0.273. The maximum atomic E-state index is 12.5. The van der Waals surface area contributed by atoms with Crippen LogP contribution in [0.1, 0.15) is 5.56 Å². The molecule has 20 heavy (non-hydrogen) atoms. The van der Waals surface area contributed by atoms with Crippen LogP contribution in [0.3, 0.4) is 0 Å². The van der Waals surface area contributed by atoms with Crippen molar-refractivity contribution in [1.29, 1.82) is 0 Å². The second-order valence-electron chi connectivity index (χ2n) is 4.28. The molecular weight excluding hydrogens is 280 g/mol. The van der Waals surface area contributed by atoms with Crippen LogP contribution in [-0.4, -0.2) is 34.5 Å². The van der Waals surface area contributed by atoms with E-state index >= 15 is 0 Å². The molecule has 2 rings (SSSR count). The quantitative estimate of drug-likeness (QED) is 0.590. The molecule has 0 saturated heterocycles. The van der Waals surface area contributed by atoms with Gasteiger partial charge in [0, 0.05) is 38.6 Å². The molecule has 0 aliphatic carbocycles. The molecular formula is C11H16N6O2S. The van der Waals surface area contributed by atoms with Gasteiger partial charge in [0.25, 0.3) is 10.0 Å². The number of hydrogen-bond donors (Lipinski definition) is 2. The van der Waals surface area contributed by atoms with E-state index in [2.05, 4.69) is 15.5 Å². The molecule has 9 heteroatoms. The Balaban J connectivity index is 2.29. The average molecular weight is 296 g/mol. The number of anilines is 1. The molecule has 0 saturated carbocycles. The third-order valence-corrected chi connectivity index (χ3v) is 4.51. The average Bonchev–Trinajstić information content (AvgIpc) is 2.84. The first kappa shape index (κ1) is 14.4. The summed E-state index contributed by atoms with van der Waals surface area (Å²) < 4.78 is 27.7. The van der Waals surface area contributed by atoms with Gasteiger partial charge in [0.1, 0.15) is 0 Å². The number of hydrazine groups is 1. The van der Waals surface area contributed by atoms with Crippen LogP contribution in [-0.2, 0) is 23.6 Å². The number of aryl methyl sites for hydroxylation is 1. The van der Waals surface area contributed by atoms with Gasteiger partial charge in [-0.25, -0.2) is 13.4 Å². The predicted octanol–water partition coefficient (Wildman–Crippen LogP) is -0.0786. The van der Waals surface area contributed by atoms with E-state index < -0.39 is 10.0 Å². The zero-order valence-corrected chi connectivity index (χ0v) is 12.0. The number of nitrogens with one attached hydrogen (secondary N) is 1. The van der Waals surface area contributed by atoms with E-state index in [4.69, 9.17) is 5.84 Å². The molecule has 0 aliphatic rings. The van der Waals surface area contributed by atoms with Crippen molar-refractivity contribution in [2.75, 3.05) is 12.5 Å². The molecule has 0 aliphatic heterocycles. The maximum absolute atomic E-state index is 12.5. The summed E-state index contributed by atoms with van der Waals surface area (Å²) in [6.07, 6.45) is 4.78. The molecule has 8 nitrogen and oxygen atoms in total. The fourth-order valence-corrected chi connectivity index (χ4v) is 2.96. The van der Waals surface area contributed by atoms with Crippen LogP contribution in [0.25, 0.3) is 0 Å². The summed E-state index contributed by atoms with van der Waals surface area (Å²) in [5.41, 5.74) is 3.38. The van der Waals surface area contributed by atoms with Crippen LogP contribution < -0.4 is 11.3 Å². The van der Waals surface area contributed by atoms with Gasteiger partial charge >= 0.3 is 0 Å².